The van der Waals surface area contributed by atoms with Crippen LogP contribution < -0.4 is 15.2 Å². The highest BCUT2D eigenvalue weighted by Crippen LogP contribution is 2.35. The zero-order valence-electron chi connectivity index (χ0n) is 18.1. The van der Waals surface area contributed by atoms with Crippen LogP contribution in [0.15, 0.2) is 60.7 Å². The van der Waals surface area contributed by atoms with Gasteiger partial charge in [0.2, 0.25) is 0 Å². The van der Waals surface area contributed by atoms with Crippen LogP contribution in [0.2, 0.25) is 0 Å². The molecule has 0 unspecified atom stereocenters. The van der Waals surface area contributed by atoms with E-state index in [1.165, 1.54) is 32.4 Å². The molecule has 0 aliphatic heterocycles. The maximum absolute atomic E-state index is 13.4. The second kappa shape index (κ2) is 10.7. The summed E-state index contributed by atoms with van der Waals surface area (Å²) in [6, 6.07) is 17.1. The molecular weight excluding hydrogens is 413 g/mol. The van der Waals surface area contributed by atoms with Gasteiger partial charge in [-0.25, -0.2) is 4.39 Å². The summed E-state index contributed by atoms with van der Waals surface area (Å²) in [6.07, 6.45) is 0. The van der Waals surface area contributed by atoms with Crippen molar-refractivity contribution < 1.29 is 18.8 Å². The summed E-state index contributed by atoms with van der Waals surface area (Å²) in [7, 11) is 2.93. The van der Waals surface area contributed by atoms with E-state index < -0.39 is 4.92 Å². The number of nitro benzene ring substituents is 1. The lowest BCUT2D eigenvalue weighted by Crippen LogP contribution is -2.23. The lowest BCUT2D eigenvalue weighted by atomic mass is 10.1. The van der Waals surface area contributed by atoms with Crippen molar-refractivity contribution in [2.45, 2.75) is 26.2 Å². The molecule has 0 radical (unpaired) electrons. The number of ether oxygens (including phenoxy) is 2. The topological polar surface area (TPSA) is 90.9 Å². The van der Waals surface area contributed by atoms with Crippen LogP contribution >= 0.6 is 0 Å². The number of rotatable bonds is 10. The molecule has 0 aromatic heterocycles. The lowest BCUT2D eigenvalue weighted by Gasteiger charge is -2.23. The zero-order valence-corrected chi connectivity index (χ0v) is 18.1. The third-order valence-electron chi connectivity index (χ3n) is 5.16. The fourth-order valence-electron chi connectivity index (χ4n) is 3.50. The van der Waals surface area contributed by atoms with Crippen molar-refractivity contribution >= 4 is 5.69 Å². The van der Waals surface area contributed by atoms with Gasteiger partial charge in [0.05, 0.1) is 25.2 Å². The van der Waals surface area contributed by atoms with Crippen molar-refractivity contribution in [3.63, 3.8) is 0 Å². The quantitative estimate of drug-likeness (QED) is 0.372. The predicted molar refractivity (Wildman–Crippen MR) is 120 cm³/mol. The van der Waals surface area contributed by atoms with Gasteiger partial charge in [0.15, 0.2) is 11.5 Å². The fourth-order valence-corrected chi connectivity index (χ4v) is 3.50. The van der Waals surface area contributed by atoms with Gasteiger partial charge >= 0.3 is 0 Å². The molecule has 168 valence electrons. The summed E-state index contributed by atoms with van der Waals surface area (Å²) >= 11 is 0. The van der Waals surface area contributed by atoms with E-state index in [1.807, 2.05) is 24.3 Å². The Kier molecular flexibility index (Phi) is 7.75. The van der Waals surface area contributed by atoms with Gasteiger partial charge < -0.3 is 15.2 Å². The van der Waals surface area contributed by atoms with Crippen molar-refractivity contribution in [3.05, 3.63) is 98.8 Å². The molecule has 0 amide bonds. The van der Waals surface area contributed by atoms with Crippen LogP contribution in [0.25, 0.3) is 0 Å². The number of nitro groups is 1. The molecule has 7 nitrogen and oxygen atoms in total. The van der Waals surface area contributed by atoms with Gasteiger partial charge in [0.1, 0.15) is 5.82 Å². The molecule has 2 N–H and O–H groups in total. The van der Waals surface area contributed by atoms with Gasteiger partial charge in [-0.2, -0.15) is 0 Å². The van der Waals surface area contributed by atoms with E-state index in [2.05, 4.69) is 4.90 Å². The Morgan fingerprint density at radius 2 is 1.38 bits per heavy atom. The Labute approximate surface area is 186 Å². The van der Waals surface area contributed by atoms with Gasteiger partial charge in [-0.3, -0.25) is 15.0 Å². The summed E-state index contributed by atoms with van der Waals surface area (Å²) < 4.78 is 23.9. The third-order valence-corrected chi connectivity index (χ3v) is 5.16. The number of hydrogen-bond acceptors (Lipinski definition) is 6. The lowest BCUT2D eigenvalue weighted by molar-refractivity contribution is -0.385. The number of hydrogen-bond donors (Lipinski definition) is 1. The molecule has 3 aromatic carbocycles. The molecule has 0 aliphatic carbocycles. The molecule has 3 aromatic rings. The van der Waals surface area contributed by atoms with E-state index >= 15 is 0 Å². The molecule has 0 fully saturated rings. The first kappa shape index (κ1) is 23.2. The third kappa shape index (κ3) is 5.81. The summed E-state index contributed by atoms with van der Waals surface area (Å²) in [5, 5.41) is 11.7. The number of benzene rings is 3. The first-order chi connectivity index (χ1) is 15.4. The highest BCUT2D eigenvalue weighted by molar-refractivity contribution is 5.54. The van der Waals surface area contributed by atoms with Crippen molar-refractivity contribution in [1.82, 2.24) is 4.90 Å². The molecule has 0 saturated heterocycles. The Morgan fingerprint density at radius 1 is 0.875 bits per heavy atom. The second-order valence-electron chi connectivity index (χ2n) is 7.39. The zero-order chi connectivity index (χ0) is 23.1. The summed E-state index contributed by atoms with van der Waals surface area (Å²) in [6.45, 7) is 1.75. The van der Waals surface area contributed by atoms with E-state index in [1.54, 1.807) is 18.2 Å². The maximum atomic E-state index is 13.4. The minimum atomic E-state index is -0.427. The average Bonchev–Trinajstić information content (AvgIpc) is 2.80. The van der Waals surface area contributed by atoms with Crippen molar-refractivity contribution in [2.75, 3.05) is 14.2 Å². The van der Waals surface area contributed by atoms with E-state index in [-0.39, 0.29) is 18.0 Å². The standard InChI is InChI=1S/C24H26FN3O4/c1-31-23-11-20(22(28(29)30)12-24(23)32-2)16-27(15-19-7-9-21(25)10-8-19)14-18-5-3-17(13-26)4-6-18/h3-12H,13-16,26H2,1-2H3. The van der Waals surface area contributed by atoms with E-state index in [4.69, 9.17) is 15.2 Å². The average molecular weight is 439 g/mol. The number of halogens is 1. The molecule has 0 bridgehead atoms. The van der Waals surface area contributed by atoms with Crippen LogP contribution in [-0.4, -0.2) is 24.0 Å². The number of nitrogens with two attached hydrogens (primary N) is 1. The fraction of sp³-hybridized carbons (Fsp3) is 0.250. The summed E-state index contributed by atoms with van der Waals surface area (Å²) in [4.78, 5) is 13.4. The Balaban J connectivity index is 1.94. The largest absolute Gasteiger partial charge is 0.493 e. The molecule has 0 spiro atoms. The molecule has 0 atom stereocenters. The van der Waals surface area contributed by atoms with Crippen LogP contribution in [0, 0.1) is 15.9 Å². The molecule has 0 saturated carbocycles. The van der Waals surface area contributed by atoms with Crippen molar-refractivity contribution in [2.24, 2.45) is 5.73 Å². The molecule has 8 heteroatoms. The molecule has 32 heavy (non-hydrogen) atoms. The predicted octanol–water partition coefficient (Wildman–Crippen LogP) is 4.41. The minimum absolute atomic E-state index is 0.0507. The number of methoxy groups -OCH3 is 2. The molecule has 0 aliphatic rings. The highest BCUT2D eigenvalue weighted by Gasteiger charge is 2.22. The van der Waals surface area contributed by atoms with Crippen molar-refractivity contribution in [1.29, 1.82) is 0 Å². The minimum Gasteiger partial charge on any atom is -0.493 e. The van der Waals surface area contributed by atoms with E-state index in [0.29, 0.717) is 36.7 Å². The van der Waals surface area contributed by atoms with E-state index in [9.17, 15) is 14.5 Å². The van der Waals surface area contributed by atoms with Gasteiger partial charge in [0, 0.05) is 31.7 Å². The first-order valence-corrected chi connectivity index (χ1v) is 10.1. The van der Waals surface area contributed by atoms with Crippen LogP contribution in [0.4, 0.5) is 10.1 Å². The normalized spacial score (nSPS) is 10.9. The first-order valence-electron chi connectivity index (χ1n) is 10.1. The Hall–Kier alpha value is -3.49. The van der Waals surface area contributed by atoms with Crippen LogP contribution in [0.1, 0.15) is 22.3 Å². The summed E-state index contributed by atoms with van der Waals surface area (Å²) in [5.74, 6) is 0.403. The van der Waals surface area contributed by atoms with Crippen molar-refractivity contribution in [3.8, 4) is 11.5 Å². The monoisotopic (exact) mass is 439 g/mol. The smallest absolute Gasteiger partial charge is 0.277 e. The highest BCUT2D eigenvalue weighted by atomic mass is 19.1. The van der Waals surface area contributed by atoms with Gasteiger partial charge in [0.25, 0.3) is 5.69 Å². The maximum Gasteiger partial charge on any atom is 0.277 e. The van der Waals surface area contributed by atoms with Gasteiger partial charge in [-0.05, 0) is 34.9 Å². The second-order valence-corrected chi connectivity index (χ2v) is 7.39. The molecule has 3 rings (SSSR count). The van der Waals surface area contributed by atoms with Crippen LogP contribution in [0.5, 0.6) is 11.5 Å². The molecule has 0 heterocycles. The van der Waals surface area contributed by atoms with Crippen LogP contribution in [-0.2, 0) is 26.2 Å². The SMILES string of the molecule is COc1cc(CN(Cc2ccc(F)cc2)Cc2ccc(CN)cc2)c([N+](=O)[O-])cc1OC. The van der Waals surface area contributed by atoms with Gasteiger partial charge in [-0.1, -0.05) is 36.4 Å². The summed E-state index contributed by atoms with van der Waals surface area (Å²) in [5.41, 5.74) is 9.08. The Morgan fingerprint density at radius 3 is 1.88 bits per heavy atom. The Bertz CT molecular complexity index is 1060. The van der Waals surface area contributed by atoms with Crippen LogP contribution in [0.3, 0.4) is 0 Å². The van der Waals surface area contributed by atoms with E-state index in [0.717, 1.165) is 16.7 Å². The van der Waals surface area contributed by atoms with Gasteiger partial charge in [-0.15, -0.1) is 0 Å². The number of nitrogens with zero attached hydrogens (tertiary/aromatic N) is 2. The molecular formula is C24H26FN3O4.